The minimum atomic E-state index is -0.0124. The fourth-order valence-corrected chi connectivity index (χ4v) is 0.401. The third kappa shape index (κ3) is 7.43. The molecule has 0 aromatic carbocycles. The number of oxime groups is 1. The van der Waals surface area contributed by atoms with Gasteiger partial charge in [0.1, 0.15) is 6.61 Å². The molecule has 0 rings (SSSR count). The van der Waals surface area contributed by atoms with Crippen LogP contribution in [0.4, 0.5) is 0 Å². The van der Waals surface area contributed by atoms with Crippen LogP contribution in [0.15, 0.2) is 5.16 Å². The van der Waals surface area contributed by atoms with E-state index in [1.807, 2.05) is 6.92 Å². The molecule has 1 atom stereocenters. The number of hydrogen-bond acceptors (Lipinski definition) is 3. The van der Waals surface area contributed by atoms with Crippen molar-refractivity contribution in [2.75, 3.05) is 6.61 Å². The third-order valence-electron chi connectivity index (χ3n) is 0.960. The summed E-state index contributed by atoms with van der Waals surface area (Å²) < 4.78 is 0. The summed E-state index contributed by atoms with van der Waals surface area (Å²) in [5, 5.41) is 3.66. The lowest BCUT2D eigenvalue weighted by Gasteiger charge is -1.96. The van der Waals surface area contributed by atoms with Crippen LogP contribution in [0.3, 0.4) is 0 Å². The smallest absolute Gasteiger partial charge is 0.117 e. The van der Waals surface area contributed by atoms with Crippen LogP contribution in [0.2, 0.25) is 0 Å². The normalized spacial score (nSPS) is 13.9. The Kier molecular flexibility index (Phi) is 6.18. The van der Waals surface area contributed by atoms with Gasteiger partial charge in [-0.05, 0) is 13.3 Å². The highest BCUT2D eigenvalue weighted by Crippen LogP contribution is 1.87. The highest BCUT2D eigenvalue weighted by atomic mass is 16.6. The Labute approximate surface area is 62.2 Å². The van der Waals surface area contributed by atoms with Crippen molar-refractivity contribution in [2.45, 2.75) is 32.7 Å². The molecule has 0 aromatic heterocycles. The van der Waals surface area contributed by atoms with Gasteiger partial charge in [-0.25, -0.2) is 0 Å². The molecular formula is C7H16N2O. The second-order valence-electron chi connectivity index (χ2n) is 2.30. The molecule has 0 fully saturated rings. The van der Waals surface area contributed by atoms with Gasteiger partial charge in [0.2, 0.25) is 0 Å². The number of nitrogens with zero attached hydrogens (tertiary/aromatic N) is 1. The summed E-state index contributed by atoms with van der Waals surface area (Å²) in [6.45, 7) is 4.66. The van der Waals surface area contributed by atoms with Gasteiger partial charge in [-0.15, -0.1) is 0 Å². The molecule has 2 N–H and O–H groups in total. The third-order valence-corrected chi connectivity index (χ3v) is 0.960. The van der Waals surface area contributed by atoms with Gasteiger partial charge in [0.05, 0.1) is 6.21 Å². The molecule has 0 amide bonds. The van der Waals surface area contributed by atoms with Crippen LogP contribution in [-0.2, 0) is 4.84 Å². The number of unbranched alkanes of at least 4 members (excludes halogenated alkanes) is 1. The van der Waals surface area contributed by atoms with Crippen LogP contribution in [0.5, 0.6) is 0 Å². The molecule has 0 radical (unpaired) electrons. The Morgan fingerprint density at radius 2 is 2.40 bits per heavy atom. The Hall–Kier alpha value is -0.570. The van der Waals surface area contributed by atoms with Crippen molar-refractivity contribution in [3.05, 3.63) is 0 Å². The summed E-state index contributed by atoms with van der Waals surface area (Å²) in [6.07, 6.45) is 3.78. The van der Waals surface area contributed by atoms with E-state index in [9.17, 15) is 0 Å². The maximum atomic E-state index is 5.38. The lowest BCUT2D eigenvalue weighted by molar-refractivity contribution is 0.142. The molecule has 60 valence electrons. The van der Waals surface area contributed by atoms with Crippen molar-refractivity contribution in [3.8, 4) is 0 Å². The van der Waals surface area contributed by atoms with E-state index in [0.717, 1.165) is 12.8 Å². The molecular weight excluding hydrogens is 128 g/mol. The first-order chi connectivity index (χ1) is 4.77. The monoisotopic (exact) mass is 144 g/mol. The SMILES string of the molecule is CCCCON=CC(C)N. The standard InChI is InChI=1S/C7H16N2O/c1-3-4-5-10-9-6-7(2)8/h6-7H,3-5,8H2,1-2H3. The number of rotatable bonds is 5. The van der Waals surface area contributed by atoms with E-state index in [1.54, 1.807) is 6.21 Å². The lowest BCUT2D eigenvalue weighted by Crippen LogP contribution is -2.16. The molecule has 0 saturated heterocycles. The summed E-state index contributed by atoms with van der Waals surface area (Å²) in [5.41, 5.74) is 5.38. The predicted molar refractivity (Wildman–Crippen MR) is 43.0 cm³/mol. The summed E-state index contributed by atoms with van der Waals surface area (Å²) in [6, 6.07) is -0.0124. The molecule has 10 heavy (non-hydrogen) atoms. The Morgan fingerprint density at radius 3 is 2.90 bits per heavy atom. The molecule has 0 aliphatic rings. The van der Waals surface area contributed by atoms with Gasteiger partial charge in [0, 0.05) is 6.04 Å². The molecule has 1 unspecified atom stereocenters. The Balaban J connectivity index is 3.02. The number of hydrogen-bond donors (Lipinski definition) is 1. The molecule has 0 spiro atoms. The van der Waals surface area contributed by atoms with Gasteiger partial charge in [0.15, 0.2) is 0 Å². The first-order valence-corrected chi connectivity index (χ1v) is 3.68. The maximum Gasteiger partial charge on any atom is 0.117 e. The van der Waals surface area contributed by atoms with E-state index >= 15 is 0 Å². The minimum absolute atomic E-state index is 0.0124. The van der Waals surface area contributed by atoms with Crippen LogP contribution in [-0.4, -0.2) is 18.9 Å². The fourth-order valence-electron chi connectivity index (χ4n) is 0.401. The second-order valence-corrected chi connectivity index (χ2v) is 2.30. The average molecular weight is 144 g/mol. The van der Waals surface area contributed by atoms with Crippen LogP contribution >= 0.6 is 0 Å². The largest absolute Gasteiger partial charge is 0.396 e. The zero-order chi connectivity index (χ0) is 7.82. The molecule has 3 nitrogen and oxygen atoms in total. The van der Waals surface area contributed by atoms with Gasteiger partial charge in [-0.3, -0.25) is 0 Å². The molecule has 0 aromatic rings. The van der Waals surface area contributed by atoms with Crippen LogP contribution in [0.25, 0.3) is 0 Å². The van der Waals surface area contributed by atoms with Crippen molar-refractivity contribution < 1.29 is 4.84 Å². The Bertz CT molecular complexity index is 91.6. The van der Waals surface area contributed by atoms with Crippen LogP contribution in [0.1, 0.15) is 26.7 Å². The van der Waals surface area contributed by atoms with Gasteiger partial charge in [-0.1, -0.05) is 18.5 Å². The summed E-state index contributed by atoms with van der Waals surface area (Å²) in [5.74, 6) is 0. The minimum Gasteiger partial charge on any atom is -0.396 e. The molecule has 3 heteroatoms. The van der Waals surface area contributed by atoms with E-state index in [2.05, 4.69) is 12.1 Å². The summed E-state index contributed by atoms with van der Waals surface area (Å²) in [4.78, 5) is 4.87. The predicted octanol–water partition coefficient (Wildman–Crippen LogP) is 1.14. The van der Waals surface area contributed by atoms with E-state index in [4.69, 9.17) is 10.6 Å². The second kappa shape index (κ2) is 6.55. The van der Waals surface area contributed by atoms with Gasteiger partial charge < -0.3 is 10.6 Å². The topological polar surface area (TPSA) is 47.6 Å². The van der Waals surface area contributed by atoms with E-state index in [-0.39, 0.29) is 6.04 Å². The lowest BCUT2D eigenvalue weighted by atomic mass is 10.4. The molecule has 0 bridgehead atoms. The van der Waals surface area contributed by atoms with E-state index < -0.39 is 0 Å². The van der Waals surface area contributed by atoms with Crippen molar-refractivity contribution in [3.63, 3.8) is 0 Å². The van der Waals surface area contributed by atoms with Crippen molar-refractivity contribution in [1.29, 1.82) is 0 Å². The summed E-state index contributed by atoms with van der Waals surface area (Å²) in [7, 11) is 0. The number of nitrogens with two attached hydrogens (primary N) is 1. The molecule has 0 aliphatic carbocycles. The van der Waals surface area contributed by atoms with Crippen molar-refractivity contribution in [1.82, 2.24) is 0 Å². The highest BCUT2D eigenvalue weighted by molar-refractivity contribution is 5.62. The van der Waals surface area contributed by atoms with Crippen molar-refractivity contribution >= 4 is 6.21 Å². The van der Waals surface area contributed by atoms with Gasteiger partial charge >= 0.3 is 0 Å². The fraction of sp³-hybridized carbons (Fsp3) is 0.857. The van der Waals surface area contributed by atoms with E-state index in [1.165, 1.54) is 0 Å². The van der Waals surface area contributed by atoms with Gasteiger partial charge in [0.25, 0.3) is 0 Å². The van der Waals surface area contributed by atoms with Crippen LogP contribution in [0, 0.1) is 0 Å². The maximum absolute atomic E-state index is 5.38. The first-order valence-electron chi connectivity index (χ1n) is 3.68. The zero-order valence-electron chi connectivity index (χ0n) is 6.71. The van der Waals surface area contributed by atoms with Crippen molar-refractivity contribution in [2.24, 2.45) is 10.9 Å². The average Bonchev–Trinajstić information content (AvgIpc) is 1.87. The Morgan fingerprint density at radius 1 is 1.70 bits per heavy atom. The molecule has 0 heterocycles. The quantitative estimate of drug-likeness (QED) is 0.357. The molecule has 0 aliphatic heterocycles. The van der Waals surface area contributed by atoms with E-state index in [0.29, 0.717) is 6.61 Å². The van der Waals surface area contributed by atoms with Gasteiger partial charge in [-0.2, -0.15) is 0 Å². The first kappa shape index (κ1) is 9.43. The molecule has 0 saturated carbocycles. The highest BCUT2D eigenvalue weighted by Gasteiger charge is 1.84. The van der Waals surface area contributed by atoms with Crippen LogP contribution < -0.4 is 5.73 Å². The summed E-state index contributed by atoms with van der Waals surface area (Å²) >= 11 is 0. The zero-order valence-corrected chi connectivity index (χ0v) is 6.71.